The molecule has 0 aliphatic heterocycles. The van der Waals surface area contributed by atoms with Gasteiger partial charge in [0.2, 0.25) is 5.91 Å². The number of hydrogen-bond acceptors (Lipinski definition) is 6. The molecule has 0 fully saturated rings. The Labute approximate surface area is 143 Å². The number of aliphatic hydroxyl groups is 1. The van der Waals surface area contributed by atoms with Crippen molar-refractivity contribution in [3.8, 4) is 0 Å². The summed E-state index contributed by atoms with van der Waals surface area (Å²) in [6.45, 7) is 11.2. The van der Waals surface area contributed by atoms with E-state index in [9.17, 15) is 19.5 Å². The van der Waals surface area contributed by atoms with E-state index in [2.05, 4.69) is 5.32 Å². The second-order valence-electron chi connectivity index (χ2n) is 7.66. The molecule has 0 aromatic carbocycles. The lowest BCUT2D eigenvalue weighted by Gasteiger charge is -2.27. The first-order valence-corrected chi connectivity index (χ1v) is 7.77. The summed E-state index contributed by atoms with van der Waals surface area (Å²) in [5, 5.41) is 12.1. The van der Waals surface area contributed by atoms with Gasteiger partial charge in [0, 0.05) is 7.05 Å². The van der Waals surface area contributed by atoms with Gasteiger partial charge in [0.25, 0.3) is 0 Å². The Kier molecular flexibility index (Phi) is 7.69. The maximum Gasteiger partial charge on any atom is 0.410 e. The fraction of sp³-hybridized carbons (Fsp3) is 0.812. The van der Waals surface area contributed by atoms with Gasteiger partial charge in [-0.2, -0.15) is 0 Å². The number of rotatable bonds is 5. The van der Waals surface area contributed by atoms with Crippen molar-refractivity contribution >= 4 is 18.0 Å². The van der Waals surface area contributed by atoms with Gasteiger partial charge in [0.05, 0.1) is 6.10 Å². The van der Waals surface area contributed by atoms with Crippen molar-refractivity contribution < 1.29 is 29.0 Å². The predicted octanol–water partition coefficient (Wildman–Crippen LogP) is 1.06. The first-order valence-electron chi connectivity index (χ1n) is 7.77. The van der Waals surface area contributed by atoms with E-state index in [1.165, 1.54) is 14.0 Å². The molecule has 2 atom stereocenters. The summed E-state index contributed by atoms with van der Waals surface area (Å²) >= 11 is 0. The first kappa shape index (κ1) is 22.2. The van der Waals surface area contributed by atoms with Gasteiger partial charge in [0.15, 0.2) is 6.04 Å². The van der Waals surface area contributed by atoms with Gasteiger partial charge in [-0.15, -0.1) is 0 Å². The monoisotopic (exact) mass is 346 g/mol. The topological polar surface area (TPSA) is 105 Å². The molecule has 0 radical (unpaired) electrons. The predicted molar refractivity (Wildman–Crippen MR) is 88.3 cm³/mol. The average Bonchev–Trinajstić information content (AvgIpc) is 2.30. The molecular weight excluding hydrogens is 316 g/mol. The van der Waals surface area contributed by atoms with Crippen LogP contribution in [0.15, 0.2) is 0 Å². The summed E-state index contributed by atoms with van der Waals surface area (Å²) in [6, 6.07) is -1.22. The van der Waals surface area contributed by atoms with Crippen LogP contribution in [0.2, 0.25) is 0 Å². The van der Waals surface area contributed by atoms with E-state index in [1.807, 2.05) is 0 Å². The zero-order chi connectivity index (χ0) is 19.3. The quantitative estimate of drug-likeness (QED) is 0.721. The number of ether oxygens (including phenoxy) is 2. The molecule has 2 amide bonds. The molecule has 8 heteroatoms. The molecular formula is C16H30N2O6. The van der Waals surface area contributed by atoms with Crippen molar-refractivity contribution in [2.75, 3.05) is 13.6 Å². The lowest BCUT2D eigenvalue weighted by molar-refractivity contribution is -0.161. The zero-order valence-electron chi connectivity index (χ0n) is 15.8. The third-order valence-corrected chi connectivity index (χ3v) is 2.55. The number of carbonyl (C=O) groups is 3. The largest absolute Gasteiger partial charge is 0.458 e. The van der Waals surface area contributed by atoms with E-state index >= 15 is 0 Å². The summed E-state index contributed by atoms with van der Waals surface area (Å²) in [5.74, 6) is -1.36. The minimum Gasteiger partial charge on any atom is -0.458 e. The molecule has 140 valence electrons. The number of carbonyl (C=O) groups excluding carboxylic acids is 3. The minimum absolute atomic E-state index is 0.319. The number of hydrogen-bond donors (Lipinski definition) is 2. The van der Waals surface area contributed by atoms with Gasteiger partial charge in [-0.05, 0) is 48.5 Å². The Hall–Kier alpha value is -1.83. The molecule has 0 saturated carbocycles. The van der Waals surface area contributed by atoms with Gasteiger partial charge in [-0.25, -0.2) is 9.59 Å². The standard InChI is InChI=1S/C16H30N2O6/c1-10(19)12(13(21)23-15(2,3)4)17-11(20)9-18(8)14(22)24-16(5,6)7/h10,12,19H,9H2,1-8H3,(H,17,20)/t10-,12+/m1/s1. The maximum atomic E-state index is 12.0. The highest BCUT2D eigenvalue weighted by Gasteiger charge is 2.31. The molecule has 0 aromatic rings. The highest BCUT2D eigenvalue weighted by atomic mass is 16.6. The molecule has 2 N–H and O–H groups in total. The molecule has 0 bridgehead atoms. The summed E-state index contributed by atoms with van der Waals surface area (Å²) < 4.78 is 10.3. The molecule has 0 saturated heterocycles. The maximum absolute atomic E-state index is 12.0. The summed E-state index contributed by atoms with van der Waals surface area (Å²) in [7, 11) is 1.40. The van der Waals surface area contributed by atoms with Gasteiger partial charge in [-0.3, -0.25) is 4.79 Å². The van der Waals surface area contributed by atoms with Crippen LogP contribution in [0.3, 0.4) is 0 Å². The zero-order valence-corrected chi connectivity index (χ0v) is 15.8. The number of amides is 2. The van der Waals surface area contributed by atoms with Crippen LogP contribution in [0.1, 0.15) is 48.5 Å². The Morgan fingerprint density at radius 3 is 1.88 bits per heavy atom. The van der Waals surface area contributed by atoms with Crippen LogP contribution in [0.25, 0.3) is 0 Å². The van der Waals surface area contributed by atoms with Gasteiger partial charge in [-0.1, -0.05) is 0 Å². The molecule has 0 unspecified atom stereocenters. The van der Waals surface area contributed by atoms with E-state index in [0.717, 1.165) is 4.90 Å². The Morgan fingerprint density at radius 1 is 1.04 bits per heavy atom. The van der Waals surface area contributed by atoms with Crippen molar-refractivity contribution in [1.29, 1.82) is 0 Å². The third-order valence-electron chi connectivity index (χ3n) is 2.55. The third kappa shape index (κ3) is 9.34. The number of likely N-dealkylation sites (N-methyl/N-ethyl adjacent to an activating group) is 1. The van der Waals surface area contributed by atoms with Crippen molar-refractivity contribution in [3.63, 3.8) is 0 Å². The van der Waals surface area contributed by atoms with E-state index in [1.54, 1.807) is 41.5 Å². The van der Waals surface area contributed by atoms with Crippen molar-refractivity contribution in [3.05, 3.63) is 0 Å². The van der Waals surface area contributed by atoms with Crippen LogP contribution in [0.5, 0.6) is 0 Å². The second kappa shape index (κ2) is 8.32. The molecule has 0 aliphatic rings. The van der Waals surface area contributed by atoms with Crippen molar-refractivity contribution in [1.82, 2.24) is 10.2 Å². The molecule has 0 aliphatic carbocycles. The number of aliphatic hydroxyl groups excluding tert-OH is 1. The lowest BCUT2D eigenvalue weighted by atomic mass is 10.1. The van der Waals surface area contributed by atoms with Gasteiger partial charge >= 0.3 is 12.1 Å². The molecule has 0 rings (SSSR count). The normalized spacial score (nSPS) is 14.4. The van der Waals surface area contributed by atoms with Crippen LogP contribution in [-0.4, -0.2) is 64.9 Å². The van der Waals surface area contributed by atoms with E-state index in [0.29, 0.717) is 0 Å². The molecule has 24 heavy (non-hydrogen) atoms. The van der Waals surface area contributed by atoms with Gasteiger partial charge < -0.3 is 24.8 Å². The summed E-state index contributed by atoms with van der Waals surface area (Å²) in [5.41, 5.74) is -1.43. The van der Waals surface area contributed by atoms with Crippen LogP contribution in [0, 0.1) is 0 Å². The van der Waals surface area contributed by atoms with Gasteiger partial charge in [0.1, 0.15) is 17.7 Å². The van der Waals surface area contributed by atoms with Crippen LogP contribution < -0.4 is 5.32 Å². The van der Waals surface area contributed by atoms with Crippen molar-refractivity contribution in [2.24, 2.45) is 0 Å². The van der Waals surface area contributed by atoms with Crippen LogP contribution >= 0.6 is 0 Å². The fourth-order valence-electron chi connectivity index (χ4n) is 1.58. The average molecular weight is 346 g/mol. The Balaban J connectivity index is 4.74. The van der Waals surface area contributed by atoms with E-state index in [4.69, 9.17) is 9.47 Å². The second-order valence-corrected chi connectivity index (χ2v) is 7.66. The number of esters is 1. The highest BCUT2D eigenvalue weighted by molar-refractivity contribution is 5.87. The Morgan fingerprint density at radius 2 is 1.50 bits per heavy atom. The molecule has 0 heterocycles. The van der Waals surface area contributed by atoms with E-state index in [-0.39, 0.29) is 6.54 Å². The lowest BCUT2D eigenvalue weighted by Crippen LogP contribution is -2.52. The Bertz CT molecular complexity index is 462. The van der Waals surface area contributed by atoms with Crippen LogP contribution in [0.4, 0.5) is 4.79 Å². The van der Waals surface area contributed by atoms with Crippen LogP contribution in [-0.2, 0) is 19.1 Å². The summed E-state index contributed by atoms with van der Waals surface area (Å²) in [6.07, 6.45) is -1.81. The van der Waals surface area contributed by atoms with E-state index < -0.39 is 41.3 Å². The molecule has 0 aromatic heterocycles. The fourth-order valence-corrected chi connectivity index (χ4v) is 1.58. The molecule has 0 spiro atoms. The smallest absolute Gasteiger partial charge is 0.410 e. The summed E-state index contributed by atoms with van der Waals surface area (Å²) in [4.78, 5) is 37.0. The number of nitrogens with one attached hydrogen (secondary N) is 1. The van der Waals surface area contributed by atoms with Crippen molar-refractivity contribution in [2.45, 2.75) is 71.8 Å². The first-order chi connectivity index (χ1) is 10.6. The SMILES string of the molecule is C[C@@H](O)[C@H](NC(=O)CN(C)C(=O)OC(C)(C)C)C(=O)OC(C)(C)C. The number of nitrogens with zero attached hydrogens (tertiary/aromatic N) is 1. The highest BCUT2D eigenvalue weighted by Crippen LogP contribution is 2.11. The molecule has 8 nitrogen and oxygen atoms in total. The minimum atomic E-state index is -1.22.